The summed E-state index contributed by atoms with van der Waals surface area (Å²) in [6, 6.07) is 4.14. The van der Waals surface area contributed by atoms with E-state index in [4.69, 9.17) is 4.42 Å². The largest absolute Gasteiger partial charge is 0.427 e. The molecule has 1 saturated carbocycles. The Morgan fingerprint density at radius 3 is 2.58 bits per heavy atom. The molecule has 1 aliphatic rings. The molecule has 1 aliphatic carbocycles. The van der Waals surface area contributed by atoms with Crippen LogP contribution in [0.4, 0.5) is 13.2 Å². The maximum absolute atomic E-state index is 14.7. The highest BCUT2D eigenvalue weighted by molar-refractivity contribution is 5.85. The van der Waals surface area contributed by atoms with E-state index < -0.39 is 34.6 Å². The van der Waals surface area contributed by atoms with Gasteiger partial charge in [0.1, 0.15) is 22.8 Å². The summed E-state index contributed by atoms with van der Waals surface area (Å²) in [6.45, 7) is 5.53. The number of hydrogen-bond acceptors (Lipinski definition) is 2. The van der Waals surface area contributed by atoms with Crippen LogP contribution in [-0.2, 0) is 6.42 Å². The molecule has 1 aromatic heterocycles. The van der Waals surface area contributed by atoms with Crippen LogP contribution in [0.2, 0.25) is 0 Å². The number of rotatable bonds is 4. The Hall–Kier alpha value is -2.30. The minimum absolute atomic E-state index is 0.317. The average Bonchev–Trinajstić information content (AvgIpc) is 2.66. The quantitative estimate of drug-likeness (QED) is 0.616. The lowest BCUT2D eigenvalue weighted by Crippen LogP contribution is -2.14. The summed E-state index contributed by atoms with van der Waals surface area (Å²) in [6.07, 6.45) is 4.77. The van der Waals surface area contributed by atoms with Gasteiger partial charge in [-0.2, -0.15) is 0 Å². The third kappa shape index (κ3) is 3.35. The maximum atomic E-state index is 14.7. The van der Waals surface area contributed by atoms with Gasteiger partial charge in [-0.15, -0.1) is 6.58 Å². The summed E-state index contributed by atoms with van der Waals surface area (Å²) in [5.41, 5.74) is -1.41. The SMILES string of the molecule is C=CC1CCC(/C(F)=C(\F)c2ccc3cc(CC)oc(=O)c3c2F)CC1. The normalized spacial score (nSPS) is 21.5. The number of fused-ring (bicyclic) bond motifs is 1. The van der Waals surface area contributed by atoms with Gasteiger partial charge < -0.3 is 4.42 Å². The molecule has 1 aromatic carbocycles. The summed E-state index contributed by atoms with van der Waals surface area (Å²) >= 11 is 0. The second kappa shape index (κ2) is 7.52. The molecule has 2 aromatic rings. The van der Waals surface area contributed by atoms with Crippen LogP contribution in [0, 0.1) is 17.7 Å². The lowest BCUT2D eigenvalue weighted by atomic mass is 9.81. The van der Waals surface area contributed by atoms with Crippen molar-refractivity contribution in [1.82, 2.24) is 0 Å². The van der Waals surface area contributed by atoms with Gasteiger partial charge >= 0.3 is 5.63 Å². The summed E-state index contributed by atoms with van der Waals surface area (Å²) in [5, 5.41) is -0.0305. The topological polar surface area (TPSA) is 30.2 Å². The summed E-state index contributed by atoms with van der Waals surface area (Å²) in [7, 11) is 0. The van der Waals surface area contributed by atoms with Crippen LogP contribution in [0.1, 0.15) is 43.9 Å². The third-order valence-corrected chi connectivity index (χ3v) is 5.18. The molecule has 3 rings (SSSR count). The Balaban J connectivity index is 2.01. The maximum Gasteiger partial charge on any atom is 0.346 e. The number of aryl methyl sites for hydroxylation is 1. The molecular formula is C21H21F3O2. The molecule has 1 heterocycles. The van der Waals surface area contributed by atoms with Gasteiger partial charge in [0.2, 0.25) is 0 Å². The van der Waals surface area contributed by atoms with Crippen molar-refractivity contribution in [1.29, 1.82) is 0 Å². The molecule has 0 radical (unpaired) electrons. The van der Waals surface area contributed by atoms with E-state index in [0.29, 0.717) is 36.3 Å². The minimum Gasteiger partial charge on any atom is -0.427 e. The van der Waals surface area contributed by atoms with E-state index in [2.05, 4.69) is 6.58 Å². The van der Waals surface area contributed by atoms with Crippen LogP contribution in [-0.4, -0.2) is 0 Å². The predicted octanol–water partition coefficient (Wildman–Crippen LogP) is 6.09. The van der Waals surface area contributed by atoms with Gasteiger partial charge in [0.25, 0.3) is 0 Å². The van der Waals surface area contributed by atoms with Gasteiger partial charge in [0.05, 0.1) is 0 Å². The Morgan fingerprint density at radius 1 is 1.27 bits per heavy atom. The zero-order valence-electron chi connectivity index (χ0n) is 14.7. The standard InChI is InChI=1S/C21H21F3O2/c1-3-12-5-7-13(8-6-12)18(22)20(24)16-10-9-14-11-15(4-2)26-21(25)17(14)19(16)23/h3,9-13H,1,4-8H2,2H3/b20-18+. The Labute approximate surface area is 150 Å². The average molecular weight is 362 g/mol. The lowest BCUT2D eigenvalue weighted by Gasteiger charge is -2.25. The summed E-state index contributed by atoms with van der Waals surface area (Å²) in [5.74, 6) is -3.09. The summed E-state index contributed by atoms with van der Waals surface area (Å²) < 4.78 is 49.0. The molecule has 0 aliphatic heterocycles. The second-order valence-corrected chi connectivity index (χ2v) is 6.75. The molecule has 0 spiro atoms. The Kier molecular flexibility index (Phi) is 5.35. The van der Waals surface area contributed by atoms with Crippen LogP contribution in [0.15, 0.2) is 45.9 Å². The highest BCUT2D eigenvalue weighted by atomic mass is 19.2. The fraction of sp³-hybridized carbons (Fsp3) is 0.381. The minimum atomic E-state index is -1.23. The number of benzene rings is 1. The molecule has 0 amide bonds. The van der Waals surface area contributed by atoms with Crippen LogP contribution in [0.25, 0.3) is 16.6 Å². The molecule has 26 heavy (non-hydrogen) atoms. The molecule has 0 bridgehead atoms. The molecule has 2 nitrogen and oxygen atoms in total. The molecule has 0 unspecified atom stereocenters. The first kappa shape index (κ1) is 18.5. The Morgan fingerprint density at radius 2 is 1.96 bits per heavy atom. The van der Waals surface area contributed by atoms with E-state index >= 15 is 0 Å². The third-order valence-electron chi connectivity index (χ3n) is 5.18. The second-order valence-electron chi connectivity index (χ2n) is 6.75. The van der Waals surface area contributed by atoms with Crippen molar-refractivity contribution in [2.24, 2.45) is 11.8 Å². The molecule has 138 valence electrons. The van der Waals surface area contributed by atoms with Gasteiger partial charge in [-0.1, -0.05) is 19.1 Å². The highest BCUT2D eigenvalue weighted by Crippen LogP contribution is 2.39. The smallest absolute Gasteiger partial charge is 0.346 e. The van der Waals surface area contributed by atoms with Crippen molar-refractivity contribution in [3.05, 3.63) is 64.2 Å². The summed E-state index contributed by atoms with van der Waals surface area (Å²) in [4.78, 5) is 12.0. The van der Waals surface area contributed by atoms with Crippen molar-refractivity contribution in [2.75, 3.05) is 0 Å². The zero-order valence-corrected chi connectivity index (χ0v) is 14.7. The van der Waals surface area contributed by atoms with E-state index in [1.165, 1.54) is 18.2 Å². The lowest BCUT2D eigenvalue weighted by molar-refractivity contribution is 0.304. The Bertz CT molecular complexity index is 919. The van der Waals surface area contributed by atoms with Crippen molar-refractivity contribution >= 4 is 16.6 Å². The van der Waals surface area contributed by atoms with E-state index in [-0.39, 0.29) is 5.39 Å². The van der Waals surface area contributed by atoms with Crippen molar-refractivity contribution < 1.29 is 17.6 Å². The van der Waals surface area contributed by atoms with E-state index in [1.807, 2.05) is 6.08 Å². The molecular weight excluding hydrogens is 341 g/mol. The van der Waals surface area contributed by atoms with Crippen LogP contribution in [0.5, 0.6) is 0 Å². The molecule has 0 saturated heterocycles. The molecule has 5 heteroatoms. The van der Waals surface area contributed by atoms with Gasteiger partial charge in [-0.3, -0.25) is 0 Å². The van der Waals surface area contributed by atoms with Gasteiger partial charge in [0, 0.05) is 17.9 Å². The predicted molar refractivity (Wildman–Crippen MR) is 96.6 cm³/mol. The van der Waals surface area contributed by atoms with Crippen LogP contribution < -0.4 is 5.63 Å². The zero-order chi connectivity index (χ0) is 18.8. The molecule has 0 atom stereocenters. The first-order valence-corrected chi connectivity index (χ1v) is 8.89. The number of halogens is 3. The number of allylic oxidation sites excluding steroid dienone is 2. The van der Waals surface area contributed by atoms with E-state index in [0.717, 1.165) is 12.8 Å². The van der Waals surface area contributed by atoms with Gasteiger partial charge in [0.15, 0.2) is 5.83 Å². The van der Waals surface area contributed by atoms with Gasteiger partial charge in [-0.25, -0.2) is 18.0 Å². The fourth-order valence-corrected chi connectivity index (χ4v) is 3.55. The van der Waals surface area contributed by atoms with Gasteiger partial charge in [-0.05, 0) is 49.1 Å². The van der Waals surface area contributed by atoms with Crippen molar-refractivity contribution in [3.8, 4) is 0 Å². The molecule has 0 N–H and O–H groups in total. The fourth-order valence-electron chi connectivity index (χ4n) is 3.55. The van der Waals surface area contributed by atoms with Crippen LogP contribution >= 0.6 is 0 Å². The van der Waals surface area contributed by atoms with Crippen LogP contribution in [0.3, 0.4) is 0 Å². The van der Waals surface area contributed by atoms with Crippen molar-refractivity contribution in [3.63, 3.8) is 0 Å². The van der Waals surface area contributed by atoms with E-state index in [1.54, 1.807) is 6.92 Å². The highest BCUT2D eigenvalue weighted by Gasteiger charge is 2.27. The first-order valence-electron chi connectivity index (χ1n) is 8.89. The van der Waals surface area contributed by atoms with E-state index in [9.17, 15) is 18.0 Å². The first-order chi connectivity index (χ1) is 12.5. The monoisotopic (exact) mass is 362 g/mol. The van der Waals surface area contributed by atoms with Crippen molar-refractivity contribution in [2.45, 2.75) is 39.0 Å². The number of hydrogen-bond donors (Lipinski definition) is 0. The molecule has 1 fully saturated rings.